The molecule has 0 aliphatic carbocycles. The summed E-state index contributed by atoms with van der Waals surface area (Å²) in [4.78, 5) is 37.3. The smallest absolute Gasteiger partial charge is 0.271 e. The molecule has 2 heterocycles. The Morgan fingerprint density at radius 2 is 1.92 bits per heavy atom. The Balaban J connectivity index is 1.42. The molecule has 3 aromatic rings. The fourth-order valence-corrected chi connectivity index (χ4v) is 5.91. The maximum atomic E-state index is 13.2. The zero-order chi connectivity index (χ0) is 27.4. The average molecular weight is 557 g/mol. The summed E-state index contributed by atoms with van der Waals surface area (Å²) in [7, 11) is -3.87. The van der Waals surface area contributed by atoms with Crippen LogP contribution in [0, 0.1) is 6.92 Å². The van der Waals surface area contributed by atoms with Gasteiger partial charge in [0, 0.05) is 24.8 Å². The first-order chi connectivity index (χ1) is 18.1. The lowest BCUT2D eigenvalue weighted by atomic mass is 10.1. The molecule has 1 atom stereocenters. The molecular weight excluding hydrogens is 532 g/mol. The summed E-state index contributed by atoms with van der Waals surface area (Å²) in [6.45, 7) is 5.36. The van der Waals surface area contributed by atoms with Gasteiger partial charge in [0.05, 0.1) is 27.4 Å². The van der Waals surface area contributed by atoms with E-state index in [1.54, 1.807) is 31.2 Å². The fraction of sp³-hybridized carbons (Fsp3) is 0.200. The molecule has 1 aliphatic heterocycles. The summed E-state index contributed by atoms with van der Waals surface area (Å²) in [5.41, 5.74) is 1.46. The van der Waals surface area contributed by atoms with Gasteiger partial charge in [0.1, 0.15) is 5.69 Å². The summed E-state index contributed by atoms with van der Waals surface area (Å²) in [6.07, 6.45) is 2.78. The van der Waals surface area contributed by atoms with Crippen LogP contribution in [-0.2, 0) is 14.8 Å². The third kappa shape index (κ3) is 5.77. The van der Waals surface area contributed by atoms with Crippen molar-refractivity contribution in [3.05, 3.63) is 83.2 Å². The molecule has 1 fully saturated rings. The number of nitrogens with one attached hydrogen (secondary N) is 4. The summed E-state index contributed by atoms with van der Waals surface area (Å²) >= 11 is 6.17. The summed E-state index contributed by atoms with van der Waals surface area (Å²) in [5.74, 6) is -1.50. The highest BCUT2D eigenvalue weighted by molar-refractivity contribution is 7.89. The first kappa shape index (κ1) is 27.0. The average Bonchev–Trinajstić information content (AvgIpc) is 3.54. The van der Waals surface area contributed by atoms with Crippen molar-refractivity contribution in [1.82, 2.24) is 19.8 Å². The SMILES string of the molecule is C=CC(=O)Nc1cccc(S(=O)(=O)N2CC[C@H](NC(=O)c3[nH]ncc3NC(=O)c3c(C)cccc3Cl)C2)c1. The molecule has 0 bridgehead atoms. The third-order valence-corrected chi connectivity index (χ3v) is 8.15. The van der Waals surface area contributed by atoms with Gasteiger partial charge in [-0.1, -0.05) is 36.4 Å². The number of aromatic amines is 1. The van der Waals surface area contributed by atoms with E-state index < -0.39 is 33.8 Å². The van der Waals surface area contributed by atoms with E-state index in [9.17, 15) is 22.8 Å². The number of sulfonamides is 1. The number of benzene rings is 2. The van der Waals surface area contributed by atoms with E-state index in [0.717, 1.165) is 6.08 Å². The van der Waals surface area contributed by atoms with Crippen molar-refractivity contribution in [2.24, 2.45) is 0 Å². The first-order valence-corrected chi connectivity index (χ1v) is 13.4. The lowest BCUT2D eigenvalue weighted by molar-refractivity contribution is -0.111. The van der Waals surface area contributed by atoms with Gasteiger partial charge < -0.3 is 16.0 Å². The van der Waals surface area contributed by atoms with Crippen LogP contribution >= 0.6 is 11.6 Å². The number of aromatic nitrogens is 2. The van der Waals surface area contributed by atoms with Crippen LogP contribution in [0.4, 0.5) is 11.4 Å². The monoisotopic (exact) mass is 556 g/mol. The van der Waals surface area contributed by atoms with Crippen LogP contribution < -0.4 is 16.0 Å². The van der Waals surface area contributed by atoms with Crippen molar-refractivity contribution in [1.29, 1.82) is 0 Å². The minimum absolute atomic E-state index is 0.0137. The minimum atomic E-state index is -3.87. The zero-order valence-electron chi connectivity index (χ0n) is 20.3. The van der Waals surface area contributed by atoms with E-state index in [1.165, 1.54) is 28.7 Å². The number of hydrogen-bond acceptors (Lipinski definition) is 6. The molecule has 4 N–H and O–H groups in total. The maximum absolute atomic E-state index is 13.2. The van der Waals surface area contributed by atoms with Gasteiger partial charge in [-0.2, -0.15) is 9.40 Å². The van der Waals surface area contributed by atoms with Crippen LogP contribution in [-0.4, -0.2) is 59.8 Å². The zero-order valence-corrected chi connectivity index (χ0v) is 21.9. The van der Waals surface area contributed by atoms with E-state index in [1.807, 2.05) is 0 Å². The number of nitrogens with zero attached hydrogens (tertiary/aromatic N) is 2. The molecule has 198 valence electrons. The molecule has 0 spiro atoms. The number of hydrogen-bond donors (Lipinski definition) is 4. The van der Waals surface area contributed by atoms with Crippen LogP contribution in [0.3, 0.4) is 0 Å². The first-order valence-electron chi connectivity index (χ1n) is 11.5. The Kier molecular flexibility index (Phi) is 7.95. The molecule has 0 radical (unpaired) electrons. The van der Waals surface area contributed by atoms with Gasteiger partial charge in [-0.15, -0.1) is 0 Å². The fourth-order valence-electron chi connectivity index (χ4n) is 4.06. The molecule has 3 amide bonds. The van der Waals surface area contributed by atoms with E-state index >= 15 is 0 Å². The van der Waals surface area contributed by atoms with Crippen molar-refractivity contribution < 1.29 is 22.8 Å². The molecule has 4 rings (SSSR count). The van der Waals surface area contributed by atoms with Crippen molar-refractivity contribution in [3.8, 4) is 0 Å². The lowest BCUT2D eigenvalue weighted by Gasteiger charge is -2.18. The summed E-state index contributed by atoms with van der Waals surface area (Å²) in [5, 5.41) is 14.7. The number of carbonyl (C=O) groups is 3. The molecule has 38 heavy (non-hydrogen) atoms. The van der Waals surface area contributed by atoms with Crippen LogP contribution in [0.25, 0.3) is 0 Å². The molecule has 0 unspecified atom stereocenters. The number of anilines is 2. The van der Waals surface area contributed by atoms with Crippen molar-refractivity contribution in [3.63, 3.8) is 0 Å². The molecular formula is C25H25ClN6O5S. The Hall–Kier alpha value is -4.00. The van der Waals surface area contributed by atoms with Crippen LogP contribution in [0.1, 0.15) is 32.8 Å². The minimum Gasteiger partial charge on any atom is -0.347 e. The molecule has 13 heteroatoms. The van der Waals surface area contributed by atoms with Crippen LogP contribution in [0.2, 0.25) is 5.02 Å². The molecule has 1 aromatic heterocycles. The van der Waals surface area contributed by atoms with Gasteiger partial charge in [-0.25, -0.2) is 8.42 Å². The van der Waals surface area contributed by atoms with E-state index in [-0.39, 0.29) is 40.0 Å². The molecule has 1 aliphatic rings. The Morgan fingerprint density at radius 3 is 2.66 bits per heavy atom. The highest BCUT2D eigenvalue weighted by Crippen LogP contribution is 2.25. The van der Waals surface area contributed by atoms with Gasteiger partial charge in [0.25, 0.3) is 11.8 Å². The molecule has 0 saturated carbocycles. The number of rotatable bonds is 8. The number of aryl methyl sites for hydroxylation is 1. The standard InChI is InChI=1S/C25H25ClN6O5S/c1-3-21(33)28-16-7-5-8-18(12-16)38(36,37)32-11-10-17(14-32)29-25(35)23-20(13-27-31-23)30-24(34)22-15(2)6-4-9-19(22)26/h3-9,12-13,17H,1,10-11,14H2,2H3,(H,27,31)(H,28,33)(H,29,35)(H,30,34)/t17-/m0/s1. The lowest BCUT2D eigenvalue weighted by Crippen LogP contribution is -2.39. The quantitative estimate of drug-likeness (QED) is 0.313. The Bertz CT molecular complexity index is 1500. The number of carbonyl (C=O) groups excluding carboxylic acids is 3. The predicted octanol–water partition coefficient (Wildman–Crippen LogP) is 2.94. The molecule has 1 saturated heterocycles. The third-order valence-electron chi connectivity index (χ3n) is 5.97. The van der Waals surface area contributed by atoms with Crippen molar-refractivity contribution in [2.75, 3.05) is 23.7 Å². The second-order valence-corrected chi connectivity index (χ2v) is 10.9. The van der Waals surface area contributed by atoms with Gasteiger partial charge >= 0.3 is 0 Å². The van der Waals surface area contributed by atoms with E-state index in [0.29, 0.717) is 17.7 Å². The normalized spacial score (nSPS) is 15.6. The van der Waals surface area contributed by atoms with E-state index in [2.05, 4.69) is 32.7 Å². The Morgan fingerprint density at radius 1 is 1.16 bits per heavy atom. The summed E-state index contributed by atoms with van der Waals surface area (Å²) in [6, 6.07) is 10.5. The van der Waals surface area contributed by atoms with E-state index in [4.69, 9.17) is 11.6 Å². The van der Waals surface area contributed by atoms with Gasteiger partial charge in [0.2, 0.25) is 15.9 Å². The second-order valence-electron chi connectivity index (χ2n) is 8.59. The molecule has 11 nitrogen and oxygen atoms in total. The predicted molar refractivity (Wildman–Crippen MR) is 143 cm³/mol. The van der Waals surface area contributed by atoms with Crippen LogP contribution in [0.5, 0.6) is 0 Å². The van der Waals surface area contributed by atoms with Gasteiger partial charge in [-0.3, -0.25) is 19.5 Å². The van der Waals surface area contributed by atoms with Crippen molar-refractivity contribution in [2.45, 2.75) is 24.3 Å². The van der Waals surface area contributed by atoms with Gasteiger partial charge in [-0.05, 0) is 49.2 Å². The summed E-state index contributed by atoms with van der Waals surface area (Å²) < 4.78 is 27.6. The molecule has 2 aromatic carbocycles. The van der Waals surface area contributed by atoms with Gasteiger partial charge in [0.15, 0.2) is 0 Å². The number of H-pyrrole nitrogens is 1. The maximum Gasteiger partial charge on any atom is 0.271 e. The van der Waals surface area contributed by atoms with Crippen LogP contribution in [0.15, 0.2) is 66.2 Å². The highest BCUT2D eigenvalue weighted by Gasteiger charge is 2.34. The number of amides is 3. The highest BCUT2D eigenvalue weighted by atomic mass is 35.5. The Labute approximate surface area is 224 Å². The van der Waals surface area contributed by atoms with Crippen molar-refractivity contribution >= 4 is 50.7 Å². The number of halogens is 1. The second kappa shape index (κ2) is 11.2. The largest absolute Gasteiger partial charge is 0.347 e. The topological polar surface area (TPSA) is 153 Å².